The lowest BCUT2D eigenvalue weighted by atomic mass is 10.5. The summed E-state index contributed by atoms with van der Waals surface area (Å²) >= 11 is 0. The average molecular weight is 221 g/mol. The van der Waals surface area contributed by atoms with E-state index in [9.17, 15) is 9.90 Å². The van der Waals surface area contributed by atoms with E-state index in [-0.39, 0.29) is 13.0 Å². The third-order valence-corrected chi connectivity index (χ3v) is 0.882. The third kappa shape index (κ3) is 42.7. The SMILES string of the molecule is COCCOCCC(=O)[O-].C[N+](C)(C)C. The molecular weight excluding hydrogens is 198 g/mol. The van der Waals surface area contributed by atoms with Gasteiger partial charge in [0, 0.05) is 19.5 Å². The molecule has 0 spiro atoms. The Morgan fingerprint density at radius 2 is 1.60 bits per heavy atom. The Morgan fingerprint density at radius 3 is 1.93 bits per heavy atom. The molecule has 92 valence electrons. The van der Waals surface area contributed by atoms with E-state index in [0.717, 1.165) is 4.48 Å². The van der Waals surface area contributed by atoms with Crippen LogP contribution in [0.5, 0.6) is 0 Å². The smallest absolute Gasteiger partial charge is 0.0700 e. The fourth-order valence-corrected chi connectivity index (χ4v) is 0.400. The molecule has 0 aliphatic heterocycles. The Kier molecular flexibility index (Phi) is 11.1. The van der Waals surface area contributed by atoms with Crippen LogP contribution in [0.15, 0.2) is 0 Å². The molecule has 0 N–H and O–H groups in total. The number of carboxylic acids is 1. The Morgan fingerprint density at radius 1 is 1.13 bits per heavy atom. The molecule has 0 aromatic rings. The second-order valence-electron chi connectivity index (χ2n) is 4.41. The second kappa shape index (κ2) is 9.89. The van der Waals surface area contributed by atoms with E-state index in [2.05, 4.69) is 32.9 Å². The molecule has 0 aliphatic rings. The first-order valence-corrected chi connectivity index (χ1v) is 4.82. The number of methoxy groups -OCH3 is 1. The molecule has 5 nitrogen and oxygen atoms in total. The molecule has 0 atom stereocenters. The van der Waals surface area contributed by atoms with Crippen molar-refractivity contribution >= 4 is 5.97 Å². The average Bonchev–Trinajstić information content (AvgIpc) is 2.00. The number of aliphatic carboxylic acids is 1. The van der Waals surface area contributed by atoms with Crippen molar-refractivity contribution in [1.82, 2.24) is 0 Å². The maximum Gasteiger partial charge on any atom is 0.0700 e. The van der Waals surface area contributed by atoms with Gasteiger partial charge in [-0.15, -0.1) is 0 Å². The van der Waals surface area contributed by atoms with Crippen molar-refractivity contribution in [3.8, 4) is 0 Å². The van der Waals surface area contributed by atoms with Gasteiger partial charge in [0.25, 0.3) is 0 Å². The van der Waals surface area contributed by atoms with Gasteiger partial charge < -0.3 is 23.9 Å². The number of quaternary nitrogens is 1. The highest BCUT2D eigenvalue weighted by Gasteiger charge is 1.88. The van der Waals surface area contributed by atoms with Crippen molar-refractivity contribution in [1.29, 1.82) is 0 Å². The van der Waals surface area contributed by atoms with Crippen molar-refractivity contribution in [2.45, 2.75) is 6.42 Å². The van der Waals surface area contributed by atoms with Gasteiger partial charge in [-0.1, -0.05) is 0 Å². The van der Waals surface area contributed by atoms with Gasteiger partial charge in [-0.2, -0.15) is 0 Å². The molecule has 0 heterocycles. The molecule has 0 bridgehead atoms. The Balaban J connectivity index is 0. The summed E-state index contributed by atoms with van der Waals surface area (Å²) in [7, 11) is 10.1. The summed E-state index contributed by atoms with van der Waals surface area (Å²) in [5, 5.41) is 9.81. The summed E-state index contributed by atoms with van der Waals surface area (Å²) in [4.78, 5) is 9.81. The maximum absolute atomic E-state index is 9.81. The summed E-state index contributed by atoms with van der Waals surface area (Å²) in [6.45, 7) is 1.13. The van der Waals surface area contributed by atoms with Crippen LogP contribution in [-0.4, -0.2) is 65.6 Å². The van der Waals surface area contributed by atoms with Crippen LogP contribution in [0.1, 0.15) is 6.42 Å². The normalized spacial score (nSPS) is 10.5. The molecule has 0 aromatic carbocycles. The number of carboxylic acid groups (broad SMARTS) is 1. The maximum atomic E-state index is 9.81. The van der Waals surface area contributed by atoms with Crippen molar-refractivity contribution in [2.75, 3.05) is 55.1 Å². The van der Waals surface area contributed by atoms with Gasteiger partial charge in [0.1, 0.15) is 0 Å². The standard InChI is InChI=1S/C6H12O4.C4H12N/c1-9-4-5-10-3-2-6(7)8;1-5(2,3)4/h2-5H2,1H3,(H,7,8);1-4H3/q;+1/p-1. The molecule has 0 unspecified atom stereocenters. The van der Waals surface area contributed by atoms with Gasteiger partial charge in [0.15, 0.2) is 0 Å². The van der Waals surface area contributed by atoms with Gasteiger partial charge in [0.05, 0.1) is 48.0 Å². The zero-order chi connectivity index (χ0) is 12.3. The summed E-state index contributed by atoms with van der Waals surface area (Å²) < 4.78 is 10.5. The van der Waals surface area contributed by atoms with Crippen LogP contribution in [0, 0.1) is 0 Å². The van der Waals surface area contributed by atoms with E-state index in [4.69, 9.17) is 4.74 Å². The Hall–Kier alpha value is -0.650. The molecule has 0 rings (SSSR count). The predicted molar refractivity (Wildman–Crippen MR) is 56.3 cm³/mol. The van der Waals surface area contributed by atoms with Crippen LogP contribution in [0.25, 0.3) is 0 Å². The number of carbonyl (C=O) groups is 1. The predicted octanol–water partition coefficient (Wildman–Crippen LogP) is -0.888. The molecule has 0 radical (unpaired) electrons. The number of nitrogens with zero attached hydrogens (tertiary/aromatic N) is 1. The zero-order valence-electron chi connectivity index (χ0n) is 10.4. The lowest BCUT2D eigenvalue weighted by Gasteiger charge is -2.14. The first kappa shape index (κ1) is 16.8. The third-order valence-electron chi connectivity index (χ3n) is 0.882. The first-order chi connectivity index (χ1) is 6.77. The van der Waals surface area contributed by atoms with Crippen LogP contribution in [0.2, 0.25) is 0 Å². The van der Waals surface area contributed by atoms with Crippen molar-refractivity contribution in [3.63, 3.8) is 0 Å². The van der Waals surface area contributed by atoms with Gasteiger partial charge in [-0.25, -0.2) is 0 Å². The van der Waals surface area contributed by atoms with E-state index < -0.39 is 5.97 Å². The lowest BCUT2D eigenvalue weighted by Crippen LogP contribution is -2.27. The Bertz CT molecular complexity index is 148. The van der Waals surface area contributed by atoms with E-state index in [0.29, 0.717) is 13.2 Å². The fraction of sp³-hybridized carbons (Fsp3) is 0.900. The van der Waals surface area contributed by atoms with Crippen LogP contribution >= 0.6 is 0 Å². The minimum atomic E-state index is -1.09. The number of carbonyl (C=O) groups excluding carboxylic acids is 1. The van der Waals surface area contributed by atoms with Crippen LogP contribution in [-0.2, 0) is 14.3 Å². The minimum Gasteiger partial charge on any atom is -0.550 e. The molecule has 15 heavy (non-hydrogen) atoms. The van der Waals surface area contributed by atoms with Crippen LogP contribution < -0.4 is 5.11 Å². The monoisotopic (exact) mass is 221 g/mol. The van der Waals surface area contributed by atoms with E-state index in [1.165, 1.54) is 0 Å². The molecule has 0 fully saturated rings. The molecular formula is C10H23NO4. The van der Waals surface area contributed by atoms with E-state index >= 15 is 0 Å². The van der Waals surface area contributed by atoms with Crippen LogP contribution in [0.4, 0.5) is 0 Å². The lowest BCUT2D eigenvalue weighted by molar-refractivity contribution is -0.849. The van der Waals surface area contributed by atoms with E-state index in [1.807, 2.05) is 0 Å². The van der Waals surface area contributed by atoms with Crippen molar-refractivity contribution in [3.05, 3.63) is 0 Å². The molecule has 0 aromatic heterocycles. The molecule has 0 saturated heterocycles. The zero-order valence-corrected chi connectivity index (χ0v) is 10.4. The molecule has 0 saturated carbocycles. The van der Waals surface area contributed by atoms with Crippen molar-refractivity contribution < 1.29 is 23.9 Å². The number of rotatable bonds is 6. The number of ether oxygens (including phenoxy) is 2. The fourth-order valence-electron chi connectivity index (χ4n) is 0.400. The molecule has 5 heteroatoms. The van der Waals surface area contributed by atoms with Gasteiger partial charge in [-0.05, 0) is 0 Å². The minimum absolute atomic E-state index is 0.0519. The number of hydrogen-bond donors (Lipinski definition) is 0. The summed E-state index contributed by atoms with van der Waals surface area (Å²) in [5.74, 6) is -1.09. The summed E-state index contributed by atoms with van der Waals surface area (Å²) in [6, 6.07) is 0. The summed E-state index contributed by atoms with van der Waals surface area (Å²) in [5.41, 5.74) is 0. The first-order valence-electron chi connectivity index (χ1n) is 4.82. The number of hydrogen-bond acceptors (Lipinski definition) is 4. The highest BCUT2D eigenvalue weighted by atomic mass is 16.5. The van der Waals surface area contributed by atoms with Gasteiger partial charge in [-0.3, -0.25) is 0 Å². The van der Waals surface area contributed by atoms with Gasteiger partial charge >= 0.3 is 0 Å². The topological polar surface area (TPSA) is 58.6 Å². The quantitative estimate of drug-likeness (QED) is 0.431. The second-order valence-corrected chi connectivity index (χ2v) is 4.41. The largest absolute Gasteiger partial charge is 0.550 e. The van der Waals surface area contributed by atoms with Gasteiger partial charge in [0.2, 0.25) is 0 Å². The summed E-state index contributed by atoms with van der Waals surface area (Å²) in [6.07, 6.45) is -0.0519. The van der Waals surface area contributed by atoms with Crippen LogP contribution in [0.3, 0.4) is 0 Å². The highest BCUT2D eigenvalue weighted by molar-refractivity contribution is 5.64. The molecule has 0 aliphatic carbocycles. The van der Waals surface area contributed by atoms with E-state index in [1.54, 1.807) is 7.11 Å². The highest BCUT2D eigenvalue weighted by Crippen LogP contribution is 1.80. The molecule has 0 amide bonds. The Labute approximate surface area is 92.2 Å². The van der Waals surface area contributed by atoms with Crippen molar-refractivity contribution in [2.24, 2.45) is 0 Å².